The standard InChI is InChI=1S/C16H23NO3/c1-11-4-5-12(2)14(6-11)7-16(19)17-8-15(9-18)20-10-13(17)3/h4-6,13,15,18H,7-10H2,1-3H3. The van der Waals surface area contributed by atoms with Crippen LogP contribution < -0.4 is 0 Å². The average molecular weight is 277 g/mol. The van der Waals surface area contributed by atoms with Gasteiger partial charge in [-0.1, -0.05) is 23.8 Å². The second-order valence-electron chi connectivity index (χ2n) is 5.64. The number of morpholine rings is 1. The lowest BCUT2D eigenvalue weighted by Crippen LogP contribution is -2.52. The highest BCUT2D eigenvalue weighted by atomic mass is 16.5. The van der Waals surface area contributed by atoms with Gasteiger partial charge in [-0.2, -0.15) is 0 Å². The SMILES string of the molecule is Cc1ccc(C)c(CC(=O)N2CC(CO)OCC2C)c1. The smallest absolute Gasteiger partial charge is 0.227 e. The van der Waals surface area contributed by atoms with E-state index in [0.29, 0.717) is 19.6 Å². The Balaban J connectivity index is 2.08. The Bertz CT molecular complexity index is 487. The third-order valence-electron chi connectivity index (χ3n) is 3.88. The van der Waals surface area contributed by atoms with Crippen LogP contribution in [0, 0.1) is 13.8 Å². The van der Waals surface area contributed by atoms with Crippen molar-refractivity contribution in [3.63, 3.8) is 0 Å². The Kier molecular flexibility index (Phi) is 4.78. The van der Waals surface area contributed by atoms with Crippen LogP contribution in [0.3, 0.4) is 0 Å². The molecule has 1 aromatic rings. The van der Waals surface area contributed by atoms with E-state index in [-0.39, 0.29) is 24.7 Å². The van der Waals surface area contributed by atoms with Crippen molar-refractivity contribution in [1.29, 1.82) is 0 Å². The van der Waals surface area contributed by atoms with Crippen LogP contribution in [0.5, 0.6) is 0 Å². The number of rotatable bonds is 3. The lowest BCUT2D eigenvalue weighted by atomic mass is 10.0. The van der Waals surface area contributed by atoms with E-state index < -0.39 is 0 Å². The van der Waals surface area contributed by atoms with E-state index in [2.05, 4.69) is 18.2 Å². The van der Waals surface area contributed by atoms with Gasteiger partial charge in [0.1, 0.15) is 0 Å². The summed E-state index contributed by atoms with van der Waals surface area (Å²) in [5.74, 6) is 0.105. The molecule has 1 aromatic carbocycles. The van der Waals surface area contributed by atoms with E-state index in [1.807, 2.05) is 25.7 Å². The molecule has 1 fully saturated rings. The van der Waals surface area contributed by atoms with Crippen LogP contribution in [0.4, 0.5) is 0 Å². The summed E-state index contributed by atoms with van der Waals surface area (Å²) in [7, 11) is 0. The normalized spacial score (nSPS) is 22.9. The highest BCUT2D eigenvalue weighted by molar-refractivity contribution is 5.79. The van der Waals surface area contributed by atoms with Gasteiger partial charge in [0.2, 0.25) is 5.91 Å². The Morgan fingerprint density at radius 2 is 2.20 bits per heavy atom. The first kappa shape index (κ1) is 15.0. The number of aliphatic hydroxyl groups excluding tert-OH is 1. The molecular formula is C16H23NO3. The third-order valence-corrected chi connectivity index (χ3v) is 3.88. The fourth-order valence-corrected chi connectivity index (χ4v) is 2.53. The zero-order chi connectivity index (χ0) is 14.7. The first-order valence-corrected chi connectivity index (χ1v) is 7.09. The van der Waals surface area contributed by atoms with Crippen LogP contribution >= 0.6 is 0 Å². The summed E-state index contributed by atoms with van der Waals surface area (Å²) in [5, 5.41) is 9.18. The summed E-state index contributed by atoms with van der Waals surface area (Å²) in [4.78, 5) is 14.3. The lowest BCUT2D eigenvalue weighted by molar-refractivity contribution is -0.145. The predicted molar refractivity (Wildman–Crippen MR) is 77.6 cm³/mol. The lowest BCUT2D eigenvalue weighted by Gasteiger charge is -2.37. The predicted octanol–water partition coefficient (Wildman–Crippen LogP) is 1.45. The fourth-order valence-electron chi connectivity index (χ4n) is 2.53. The molecule has 1 amide bonds. The number of aliphatic hydroxyl groups is 1. The maximum absolute atomic E-state index is 12.5. The Morgan fingerprint density at radius 3 is 2.90 bits per heavy atom. The molecule has 0 bridgehead atoms. The minimum Gasteiger partial charge on any atom is -0.394 e. The number of carbonyl (C=O) groups is 1. The van der Waals surface area contributed by atoms with Gasteiger partial charge in [0.15, 0.2) is 0 Å². The third kappa shape index (κ3) is 3.38. The number of ether oxygens (including phenoxy) is 1. The molecule has 2 unspecified atom stereocenters. The Labute approximate surface area is 120 Å². The molecule has 0 radical (unpaired) electrons. The first-order valence-electron chi connectivity index (χ1n) is 7.09. The molecule has 0 aromatic heterocycles. The summed E-state index contributed by atoms with van der Waals surface area (Å²) in [6.07, 6.45) is 0.157. The van der Waals surface area contributed by atoms with Crippen molar-refractivity contribution >= 4 is 5.91 Å². The average Bonchev–Trinajstić information content (AvgIpc) is 2.43. The van der Waals surface area contributed by atoms with Crippen molar-refractivity contribution in [1.82, 2.24) is 4.90 Å². The van der Waals surface area contributed by atoms with E-state index >= 15 is 0 Å². The topological polar surface area (TPSA) is 49.8 Å². The Hall–Kier alpha value is -1.39. The summed E-state index contributed by atoms with van der Waals surface area (Å²) >= 11 is 0. The van der Waals surface area contributed by atoms with Crippen LogP contribution in [-0.2, 0) is 16.0 Å². The maximum Gasteiger partial charge on any atom is 0.227 e. The molecule has 1 saturated heterocycles. The van der Waals surface area contributed by atoms with E-state index in [1.54, 1.807) is 0 Å². The zero-order valence-corrected chi connectivity index (χ0v) is 12.4. The number of benzene rings is 1. The molecule has 0 aliphatic carbocycles. The summed E-state index contributed by atoms with van der Waals surface area (Å²) in [6.45, 7) is 6.97. The van der Waals surface area contributed by atoms with Crippen molar-refractivity contribution in [3.8, 4) is 0 Å². The number of aryl methyl sites for hydroxylation is 2. The quantitative estimate of drug-likeness (QED) is 0.910. The highest BCUT2D eigenvalue weighted by Crippen LogP contribution is 2.16. The number of carbonyl (C=O) groups excluding carboxylic acids is 1. The number of amides is 1. The van der Waals surface area contributed by atoms with Crippen LogP contribution in [0.1, 0.15) is 23.6 Å². The molecule has 110 valence electrons. The van der Waals surface area contributed by atoms with Gasteiger partial charge in [-0.25, -0.2) is 0 Å². The highest BCUT2D eigenvalue weighted by Gasteiger charge is 2.29. The van der Waals surface area contributed by atoms with Gasteiger partial charge >= 0.3 is 0 Å². The molecule has 1 aliphatic rings. The van der Waals surface area contributed by atoms with Gasteiger partial charge < -0.3 is 14.7 Å². The van der Waals surface area contributed by atoms with Crippen molar-refractivity contribution in [2.24, 2.45) is 0 Å². The molecule has 4 heteroatoms. The molecule has 2 rings (SSSR count). The fraction of sp³-hybridized carbons (Fsp3) is 0.562. The molecule has 20 heavy (non-hydrogen) atoms. The minimum absolute atomic E-state index is 0.0417. The summed E-state index contributed by atoms with van der Waals surface area (Å²) in [5.41, 5.74) is 3.39. The summed E-state index contributed by atoms with van der Waals surface area (Å²) in [6, 6.07) is 6.25. The van der Waals surface area contributed by atoms with E-state index in [9.17, 15) is 9.90 Å². The van der Waals surface area contributed by atoms with Gasteiger partial charge in [-0.15, -0.1) is 0 Å². The van der Waals surface area contributed by atoms with E-state index in [1.165, 1.54) is 5.56 Å². The van der Waals surface area contributed by atoms with Crippen molar-refractivity contribution in [3.05, 3.63) is 34.9 Å². The van der Waals surface area contributed by atoms with Gasteiger partial charge in [0.25, 0.3) is 0 Å². The van der Waals surface area contributed by atoms with Gasteiger partial charge in [0.05, 0.1) is 31.8 Å². The molecule has 1 heterocycles. The van der Waals surface area contributed by atoms with E-state index in [4.69, 9.17) is 4.74 Å². The molecule has 4 nitrogen and oxygen atoms in total. The zero-order valence-electron chi connectivity index (χ0n) is 12.4. The first-order chi connectivity index (χ1) is 9.51. The minimum atomic E-state index is -0.256. The number of hydrogen-bond acceptors (Lipinski definition) is 3. The van der Waals surface area contributed by atoms with E-state index in [0.717, 1.165) is 11.1 Å². The van der Waals surface area contributed by atoms with Crippen LogP contribution in [-0.4, -0.2) is 47.8 Å². The van der Waals surface area contributed by atoms with Crippen LogP contribution in [0.25, 0.3) is 0 Å². The molecule has 1 N–H and O–H groups in total. The van der Waals surface area contributed by atoms with Gasteiger partial charge in [-0.05, 0) is 31.9 Å². The molecular weight excluding hydrogens is 254 g/mol. The van der Waals surface area contributed by atoms with Crippen molar-refractivity contribution in [2.75, 3.05) is 19.8 Å². The molecule has 1 aliphatic heterocycles. The molecule has 0 spiro atoms. The van der Waals surface area contributed by atoms with Gasteiger partial charge in [0, 0.05) is 6.54 Å². The van der Waals surface area contributed by atoms with Gasteiger partial charge in [-0.3, -0.25) is 4.79 Å². The second kappa shape index (κ2) is 6.37. The van der Waals surface area contributed by atoms with Crippen LogP contribution in [0.2, 0.25) is 0 Å². The maximum atomic E-state index is 12.5. The second-order valence-corrected chi connectivity index (χ2v) is 5.64. The van der Waals surface area contributed by atoms with Crippen molar-refractivity contribution in [2.45, 2.75) is 39.3 Å². The summed E-state index contributed by atoms with van der Waals surface area (Å²) < 4.78 is 5.47. The molecule has 2 atom stereocenters. The number of nitrogens with zero attached hydrogens (tertiary/aromatic N) is 1. The van der Waals surface area contributed by atoms with Crippen molar-refractivity contribution < 1.29 is 14.6 Å². The molecule has 0 saturated carbocycles. The Morgan fingerprint density at radius 1 is 1.45 bits per heavy atom. The number of hydrogen-bond donors (Lipinski definition) is 1. The van der Waals surface area contributed by atoms with Crippen LogP contribution in [0.15, 0.2) is 18.2 Å². The largest absolute Gasteiger partial charge is 0.394 e. The monoisotopic (exact) mass is 277 g/mol.